The molecule has 0 heterocycles. The highest BCUT2D eigenvalue weighted by Crippen LogP contribution is 2.25. The predicted octanol–water partition coefficient (Wildman–Crippen LogP) is 2.08. The van der Waals surface area contributed by atoms with Gasteiger partial charge in [0.2, 0.25) is 5.91 Å². The maximum atomic E-state index is 12.0. The van der Waals surface area contributed by atoms with E-state index in [1.54, 1.807) is 18.2 Å². The predicted molar refractivity (Wildman–Crippen MR) is 73.2 cm³/mol. The monoisotopic (exact) mass is 299 g/mol. The number of carbonyl (C=O) groups is 2. The third kappa shape index (κ3) is 4.47. The summed E-state index contributed by atoms with van der Waals surface area (Å²) in [4.78, 5) is 23.7. The van der Waals surface area contributed by atoms with Gasteiger partial charge >= 0.3 is 5.97 Å². The third-order valence-electron chi connectivity index (χ3n) is 2.35. The Balaban J connectivity index is 2.87. The molecule has 0 saturated carbocycles. The van der Waals surface area contributed by atoms with Crippen molar-refractivity contribution in [2.24, 2.45) is 0 Å². The highest BCUT2D eigenvalue weighted by molar-refractivity contribution is 6.36. The summed E-state index contributed by atoms with van der Waals surface area (Å²) in [7, 11) is 0. The lowest BCUT2D eigenvalue weighted by Crippen LogP contribution is -2.37. The Hall–Kier alpha value is -1.70. The fourth-order valence-corrected chi connectivity index (χ4v) is 2.00. The van der Waals surface area contributed by atoms with Gasteiger partial charge < -0.3 is 10.0 Å². The lowest BCUT2D eigenvalue weighted by molar-refractivity contribution is -0.143. The molecule has 0 spiro atoms. The molecule has 0 saturated heterocycles. The van der Waals surface area contributed by atoms with Gasteiger partial charge in [-0.25, -0.2) is 0 Å². The zero-order chi connectivity index (χ0) is 14.4. The van der Waals surface area contributed by atoms with E-state index in [4.69, 9.17) is 34.7 Å². The number of terminal acetylenes is 1. The Bertz CT molecular complexity index is 517. The van der Waals surface area contributed by atoms with Gasteiger partial charge in [0.25, 0.3) is 0 Å². The number of carboxylic acid groups (broad SMARTS) is 1. The number of rotatable bonds is 5. The zero-order valence-corrected chi connectivity index (χ0v) is 11.4. The largest absolute Gasteiger partial charge is 0.480 e. The van der Waals surface area contributed by atoms with Crippen molar-refractivity contribution >= 4 is 35.1 Å². The van der Waals surface area contributed by atoms with Crippen LogP contribution >= 0.6 is 23.2 Å². The fraction of sp³-hybridized carbons (Fsp3) is 0.231. The second-order valence-electron chi connectivity index (χ2n) is 3.72. The Morgan fingerprint density at radius 2 is 1.89 bits per heavy atom. The minimum Gasteiger partial charge on any atom is -0.480 e. The van der Waals surface area contributed by atoms with E-state index < -0.39 is 18.4 Å². The molecule has 1 aromatic rings. The van der Waals surface area contributed by atoms with Crippen molar-refractivity contribution in [1.29, 1.82) is 0 Å². The average Bonchev–Trinajstić information content (AvgIpc) is 2.32. The van der Waals surface area contributed by atoms with E-state index in [0.717, 1.165) is 4.90 Å². The van der Waals surface area contributed by atoms with Crippen molar-refractivity contribution in [2.75, 3.05) is 13.1 Å². The molecule has 1 aromatic carbocycles. The molecule has 0 unspecified atom stereocenters. The first-order chi connectivity index (χ1) is 8.95. The molecule has 0 fully saturated rings. The number of halogens is 2. The molecular weight excluding hydrogens is 289 g/mol. The number of carbonyl (C=O) groups excluding carboxylic acids is 1. The van der Waals surface area contributed by atoms with E-state index in [-0.39, 0.29) is 13.0 Å². The van der Waals surface area contributed by atoms with Crippen LogP contribution in [0.2, 0.25) is 10.0 Å². The van der Waals surface area contributed by atoms with Crippen LogP contribution in [0.3, 0.4) is 0 Å². The van der Waals surface area contributed by atoms with Crippen LogP contribution in [0.1, 0.15) is 5.56 Å². The van der Waals surface area contributed by atoms with E-state index in [9.17, 15) is 9.59 Å². The van der Waals surface area contributed by atoms with Gasteiger partial charge in [0.05, 0.1) is 13.0 Å². The summed E-state index contributed by atoms with van der Waals surface area (Å²) in [5.74, 6) is 0.679. The quantitative estimate of drug-likeness (QED) is 0.847. The summed E-state index contributed by atoms with van der Waals surface area (Å²) < 4.78 is 0. The Kier molecular flexibility index (Phi) is 5.68. The van der Waals surface area contributed by atoms with Crippen molar-refractivity contribution in [2.45, 2.75) is 6.42 Å². The molecule has 19 heavy (non-hydrogen) atoms. The highest BCUT2D eigenvalue weighted by Gasteiger charge is 2.18. The van der Waals surface area contributed by atoms with Gasteiger partial charge in [-0.05, 0) is 17.7 Å². The van der Waals surface area contributed by atoms with Crippen LogP contribution in [0, 0.1) is 12.3 Å². The number of aliphatic carboxylic acids is 1. The Morgan fingerprint density at radius 1 is 1.32 bits per heavy atom. The second kappa shape index (κ2) is 7.03. The maximum absolute atomic E-state index is 12.0. The van der Waals surface area contributed by atoms with Crippen LogP contribution in [-0.4, -0.2) is 35.0 Å². The highest BCUT2D eigenvalue weighted by atomic mass is 35.5. The SMILES string of the molecule is C#CCN(CC(=O)O)C(=O)Cc1c(Cl)cccc1Cl. The van der Waals surface area contributed by atoms with Crippen molar-refractivity contribution in [3.63, 3.8) is 0 Å². The molecular formula is C13H11Cl2NO3. The van der Waals surface area contributed by atoms with Gasteiger partial charge in [0.1, 0.15) is 6.54 Å². The van der Waals surface area contributed by atoms with E-state index in [1.165, 1.54) is 0 Å². The molecule has 100 valence electrons. The molecule has 0 aromatic heterocycles. The molecule has 1 amide bonds. The van der Waals surface area contributed by atoms with Crippen LogP contribution < -0.4 is 0 Å². The molecule has 1 N–H and O–H groups in total. The van der Waals surface area contributed by atoms with Crippen LogP contribution in [0.25, 0.3) is 0 Å². The summed E-state index contributed by atoms with van der Waals surface area (Å²) in [6.07, 6.45) is 5.02. The standard InChI is InChI=1S/C13H11Cl2NO3/c1-2-6-16(8-13(18)19)12(17)7-9-10(14)4-3-5-11(9)15/h1,3-5H,6-8H2,(H,18,19). The molecule has 4 nitrogen and oxygen atoms in total. The van der Waals surface area contributed by atoms with Crippen LogP contribution in [-0.2, 0) is 16.0 Å². The number of nitrogens with zero attached hydrogens (tertiary/aromatic N) is 1. The van der Waals surface area contributed by atoms with Gasteiger partial charge in [-0.15, -0.1) is 6.42 Å². The lowest BCUT2D eigenvalue weighted by Gasteiger charge is -2.18. The lowest BCUT2D eigenvalue weighted by atomic mass is 10.1. The second-order valence-corrected chi connectivity index (χ2v) is 4.54. The number of hydrogen-bond acceptors (Lipinski definition) is 2. The minimum atomic E-state index is -1.13. The number of benzene rings is 1. The molecule has 0 atom stereocenters. The smallest absolute Gasteiger partial charge is 0.323 e. The average molecular weight is 300 g/mol. The number of carboxylic acids is 1. The summed E-state index contributed by atoms with van der Waals surface area (Å²) in [6, 6.07) is 4.88. The minimum absolute atomic E-state index is 0.0762. The molecule has 0 aliphatic carbocycles. The Labute approximate surface area is 120 Å². The topological polar surface area (TPSA) is 57.6 Å². The summed E-state index contributed by atoms with van der Waals surface area (Å²) >= 11 is 11.9. The van der Waals surface area contributed by atoms with Crippen LogP contribution in [0.15, 0.2) is 18.2 Å². The van der Waals surface area contributed by atoms with Crippen molar-refractivity contribution in [1.82, 2.24) is 4.90 Å². The first kappa shape index (κ1) is 15.4. The normalized spacial score (nSPS) is 9.74. The summed E-state index contributed by atoms with van der Waals surface area (Å²) in [6.45, 7) is -0.529. The number of amides is 1. The zero-order valence-electron chi connectivity index (χ0n) is 9.90. The molecule has 0 aliphatic heterocycles. The molecule has 0 bridgehead atoms. The first-order valence-electron chi connectivity index (χ1n) is 5.31. The third-order valence-corrected chi connectivity index (χ3v) is 3.06. The van der Waals surface area contributed by atoms with Crippen LogP contribution in [0.5, 0.6) is 0 Å². The first-order valence-corrected chi connectivity index (χ1v) is 6.07. The van der Waals surface area contributed by atoms with Crippen molar-refractivity contribution in [3.8, 4) is 12.3 Å². The molecule has 6 heteroatoms. The van der Waals surface area contributed by atoms with Crippen LogP contribution in [0.4, 0.5) is 0 Å². The van der Waals surface area contributed by atoms with Gasteiger partial charge in [0, 0.05) is 10.0 Å². The van der Waals surface area contributed by atoms with Crippen molar-refractivity contribution in [3.05, 3.63) is 33.8 Å². The van der Waals surface area contributed by atoms with E-state index >= 15 is 0 Å². The number of hydrogen-bond donors (Lipinski definition) is 1. The molecule has 0 aliphatic rings. The van der Waals surface area contributed by atoms with Crippen molar-refractivity contribution < 1.29 is 14.7 Å². The molecule has 0 radical (unpaired) electrons. The Morgan fingerprint density at radius 3 is 2.37 bits per heavy atom. The van der Waals surface area contributed by atoms with Gasteiger partial charge in [0.15, 0.2) is 0 Å². The summed E-state index contributed by atoms with van der Waals surface area (Å²) in [5.41, 5.74) is 0.461. The van der Waals surface area contributed by atoms with Gasteiger partial charge in [-0.3, -0.25) is 9.59 Å². The van der Waals surface area contributed by atoms with Gasteiger partial charge in [-0.1, -0.05) is 35.2 Å². The maximum Gasteiger partial charge on any atom is 0.323 e. The van der Waals surface area contributed by atoms with E-state index in [1.807, 2.05) is 0 Å². The van der Waals surface area contributed by atoms with E-state index in [0.29, 0.717) is 15.6 Å². The van der Waals surface area contributed by atoms with Gasteiger partial charge in [-0.2, -0.15) is 0 Å². The summed E-state index contributed by atoms with van der Waals surface area (Å²) in [5, 5.41) is 9.44. The molecule has 1 rings (SSSR count). The van der Waals surface area contributed by atoms with E-state index in [2.05, 4.69) is 5.92 Å². The fourth-order valence-electron chi connectivity index (χ4n) is 1.47.